The first-order valence-electron chi connectivity index (χ1n) is 10.9. The number of hydrogen-bond donors (Lipinski definition) is 3. The van der Waals surface area contributed by atoms with Gasteiger partial charge in [0.1, 0.15) is 0 Å². The van der Waals surface area contributed by atoms with Gasteiger partial charge in [-0.2, -0.15) is 0 Å². The molecule has 4 rings (SSSR count). The second kappa shape index (κ2) is 9.03. The average molecular weight is 482 g/mol. The van der Waals surface area contributed by atoms with Crippen LogP contribution < -0.4 is 10.6 Å². The predicted octanol–water partition coefficient (Wildman–Crippen LogP) is 4.22. The summed E-state index contributed by atoms with van der Waals surface area (Å²) < 4.78 is 7.28. The van der Waals surface area contributed by atoms with Gasteiger partial charge < -0.3 is 19.4 Å². The van der Waals surface area contributed by atoms with Crippen molar-refractivity contribution in [3.8, 4) is 10.6 Å². The number of anilines is 1. The van der Waals surface area contributed by atoms with Crippen LogP contribution in [0.15, 0.2) is 40.9 Å². The van der Waals surface area contributed by atoms with Crippen LogP contribution in [0.5, 0.6) is 0 Å². The summed E-state index contributed by atoms with van der Waals surface area (Å²) in [5.74, 6) is 0.902. The van der Waals surface area contributed by atoms with Crippen molar-refractivity contribution in [2.24, 2.45) is 0 Å². The predicted molar refractivity (Wildman–Crippen MR) is 131 cm³/mol. The van der Waals surface area contributed by atoms with Gasteiger partial charge in [-0.05, 0) is 58.0 Å². The Hall–Kier alpha value is -3.50. The highest BCUT2D eigenvalue weighted by molar-refractivity contribution is 7.17. The molecular weight excluding hydrogens is 454 g/mol. The first-order valence-corrected chi connectivity index (χ1v) is 11.7. The van der Waals surface area contributed by atoms with E-state index in [2.05, 4.69) is 20.6 Å². The number of rotatable bonds is 7. The molecule has 0 atom stereocenters. The number of carbonyl (C=O) groups is 2. The van der Waals surface area contributed by atoms with E-state index < -0.39 is 5.60 Å². The zero-order valence-corrected chi connectivity index (χ0v) is 20.5. The number of oxazole rings is 1. The number of fused-ring (bicyclic) bond motifs is 1. The van der Waals surface area contributed by atoms with E-state index in [1.54, 1.807) is 61.9 Å². The number of aryl methyl sites for hydroxylation is 1. The van der Waals surface area contributed by atoms with Crippen molar-refractivity contribution in [2.45, 2.75) is 52.8 Å². The van der Waals surface area contributed by atoms with Crippen molar-refractivity contribution in [2.75, 3.05) is 5.32 Å². The molecule has 3 heterocycles. The summed E-state index contributed by atoms with van der Waals surface area (Å²) >= 11 is 1.28. The summed E-state index contributed by atoms with van der Waals surface area (Å²) in [6, 6.07) is 8.68. The lowest BCUT2D eigenvalue weighted by atomic mass is 10.1. The van der Waals surface area contributed by atoms with Crippen molar-refractivity contribution >= 4 is 40.1 Å². The van der Waals surface area contributed by atoms with Gasteiger partial charge in [0.05, 0.1) is 39.1 Å². The molecule has 0 spiro atoms. The Morgan fingerprint density at radius 3 is 2.62 bits per heavy atom. The van der Waals surface area contributed by atoms with Crippen molar-refractivity contribution in [1.82, 2.24) is 19.9 Å². The molecule has 0 radical (unpaired) electrons. The molecule has 34 heavy (non-hydrogen) atoms. The van der Waals surface area contributed by atoms with E-state index in [1.165, 1.54) is 11.3 Å². The number of carbonyl (C=O) groups excluding carboxylic acids is 2. The standard InChI is InChI=1S/C24H27N5O4S/c1-13(2)26-21(30)15-6-7-17-16(10-15)27-23(29(17)12-24(4,5)32)28-22(31)20-9-8-19(34-20)18-11-25-14(3)33-18/h6-11,13,32H,12H2,1-5H3,(H,26,30)(H,27,28,31). The molecule has 10 heteroatoms. The van der Waals surface area contributed by atoms with Crippen molar-refractivity contribution in [1.29, 1.82) is 0 Å². The molecule has 2 amide bonds. The first-order chi connectivity index (χ1) is 16.0. The topological polar surface area (TPSA) is 122 Å². The highest BCUT2D eigenvalue weighted by atomic mass is 32.1. The Morgan fingerprint density at radius 2 is 1.97 bits per heavy atom. The number of aromatic nitrogens is 3. The number of aliphatic hydroxyl groups is 1. The van der Waals surface area contributed by atoms with Crippen molar-refractivity contribution in [3.63, 3.8) is 0 Å². The molecule has 3 aromatic heterocycles. The van der Waals surface area contributed by atoms with Crippen LogP contribution in [0, 0.1) is 6.92 Å². The fourth-order valence-corrected chi connectivity index (χ4v) is 4.34. The number of benzene rings is 1. The molecule has 4 aromatic rings. The number of thiophene rings is 1. The van der Waals surface area contributed by atoms with Crippen LogP contribution in [0.3, 0.4) is 0 Å². The fraction of sp³-hybridized carbons (Fsp3) is 0.333. The fourth-order valence-electron chi connectivity index (χ4n) is 3.49. The minimum absolute atomic E-state index is 0.00218. The van der Waals surface area contributed by atoms with Gasteiger partial charge in [-0.1, -0.05) is 0 Å². The summed E-state index contributed by atoms with van der Waals surface area (Å²) in [5, 5.41) is 16.2. The Bertz CT molecular complexity index is 1360. The van der Waals surface area contributed by atoms with Gasteiger partial charge >= 0.3 is 0 Å². The monoisotopic (exact) mass is 481 g/mol. The third-order valence-electron chi connectivity index (χ3n) is 4.89. The van der Waals surface area contributed by atoms with E-state index >= 15 is 0 Å². The lowest BCUT2D eigenvalue weighted by Crippen LogP contribution is -2.30. The molecule has 0 fully saturated rings. The zero-order chi connectivity index (χ0) is 24.6. The highest BCUT2D eigenvalue weighted by Gasteiger charge is 2.22. The lowest BCUT2D eigenvalue weighted by molar-refractivity contribution is 0.0630. The van der Waals surface area contributed by atoms with Gasteiger partial charge in [0.2, 0.25) is 5.95 Å². The number of imidazole rings is 1. The highest BCUT2D eigenvalue weighted by Crippen LogP contribution is 2.30. The van der Waals surface area contributed by atoms with Gasteiger partial charge in [-0.15, -0.1) is 11.3 Å². The molecule has 0 aliphatic carbocycles. The molecule has 178 valence electrons. The van der Waals surface area contributed by atoms with Gasteiger partial charge in [0, 0.05) is 18.5 Å². The van der Waals surface area contributed by atoms with Gasteiger partial charge in [0.25, 0.3) is 11.8 Å². The normalized spacial score (nSPS) is 11.9. The Balaban J connectivity index is 1.66. The third kappa shape index (κ3) is 5.18. The van der Waals surface area contributed by atoms with Crippen molar-refractivity contribution in [3.05, 3.63) is 52.9 Å². The smallest absolute Gasteiger partial charge is 0.268 e. The minimum Gasteiger partial charge on any atom is -0.440 e. The van der Waals surface area contributed by atoms with E-state index in [1.807, 2.05) is 13.8 Å². The van der Waals surface area contributed by atoms with Gasteiger partial charge in [-0.25, -0.2) is 9.97 Å². The number of amides is 2. The number of nitrogens with one attached hydrogen (secondary N) is 2. The van der Waals surface area contributed by atoms with Crippen LogP contribution in [0.25, 0.3) is 21.7 Å². The van der Waals surface area contributed by atoms with Crippen LogP contribution in [-0.2, 0) is 6.54 Å². The summed E-state index contributed by atoms with van der Waals surface area (Å²) in [4.78, 5) is 35.4. The van der Waals surface area contributed by atoms with Gasteiger partial charge in [0.15, 0.2) is 11.7 Å². The molecule has 0 unspecified atom stereocenters. The molecule has 0 aliphatic rings. The summed E-state index contributed by atoms with van der Waals surface area (Å²) in [7, 11) is 0. The number of hydrogen-bond acceptors (Lipinski definition) is 7. The zero-order valence-electron chi connectivity index (χ0n) is 19.7. The maximum absolute atomic E-state index is 13.0. The minimum atomic E-state index is -1.05. The SMILES string of the molecule is Cc1ncc(-c2ccc(C(=O)Nc3nc4cc(C(=O)NC(C)C)ccc4n3CC(C)(C)O)s2)o1. The summed E-state index contributed by atoms with van der Waals surface area (Å²) in [6.45, 7) is 9.10. The van der Waals surface area contributed by atoms with Crippen LogP contribution in [-0.4, -0.2) is 43.1 Å². The van der Waals surface area contributed by atoms with Crippen LogP contribution in [0.1, 0.15) is 53.6 Å². The lowest BCUT2D eigenvalue weighted by Gasteiger charge is -2.20. The number of nitrogens with zero attached hydrogens (tertiary/aromatic N) is 3. The largest absolute Gasteiger partial charge is 0.440 e. The molecule has 0 bridgehead atoms. The molecule has 0 saturated carbocycles. The average Bonchev–Trinajstić information content (AvgIpc) is 3.45. The van der Waals surface area contributed by atoms with Crippen molar-refractivity contribution < 1.29 is 19.1 Å². The van der Waals surface area contributed by atoms with E-state index in [0.29, 0.717) is 33.1 Å². The molecule has 1 aromatic carbocycles. The molecular formula is C24H27N5O4S. The molecule has 0 saturated heterocycles. The molecule has 0 aliphatic heterocycles. The quantitative estimate of drug-likeness (QED) is 0.363. The molecule has 3 N–H and O–H groups in total. The third-order valence-corrected chi connectivity index (χ3v) is 5.99. The first kappa shape index (κ1) is 23.7. The molecule has 9 nitrogen and oxygen atoms in total. The van der Waals surface area contributed by atoms with Crippen LogP contribution in [0.2, 0.25) is 0 Å². The second-order valence-electron chi connectivity index (χ2n) is 9.03. The summed E-state index contributed by atoms with van der Waals surface area (Å²) in [6.07, 6.45) is 1.62. The second-order valence-corrected chi connectivity index (χ2v) is 10.1. The summed E-state index contributed by atoms with van der Waals surface area (Å²) in [5.41, 5.74) is 0.654. The Labute approximate surface area is 200 Å². The van der Waals surface area contributed by atoms with Gasteiger partial charge in [-0.3, -0.25) is 14.9 Å². The Morgan fingerprint density at radius 1 is 1.21 bits per heavy atom. The van der Waals surface area contributed by atoms with Crippen LogP contribution >= 0.6 is 11.3 Å². The van der Waals surface area contributed by atoms with Crippen LogP contribution in [0.4, 0.5) is 5.95 Å². The maximum atomic E-state index is 13.0. The van der Waals surface area contributed by atoms with E-state index in [9.17, 15) is 14.7 Å². The Kier molecular flexibility index (Phi) is 6.28. The van der Waals surface area contributed by atoms with E-state index in [0.717, 1.165) is 4.88 Å². The maximum Gasteiger partial charge on any atom is 0.268 e. The van der Waals surface area contributed by atoms with E-state index in [4.69, 9.17) is 4.42 Å². The van der Waals surface area contributed by atoms with E-state index in [-0.39, 0.29) is 30.3 Å².